The molecule has 0 aliphatic carbocycles. The van der Waals surface area contributed by atoms with Crippen LogP contribution in [0.4, 0.5) is 13.2 Å². The zero-order chi connectivity index (χ0) is 14.8. The molecule has 0 radical (unpaired) electrons. The molecular weight excluding hydrogens is 267 g/mol. The topological polar surface area (TPSA) is 30.0 Å². The highest BCUT2D eigenvalue weighted by Crippen LogP contribution is 2.29. The number of hydrogen-bond donors (Lipinski definition) is 0. The molecule has 0 saturated carbocycles. The molecule has 0 fully saturated rings. The van der Waals surface area contributed by atoms with E-state index in [0.717, 1.165) is 17.7 Å². The Morgan fingerprint density at radius 3 is 2.60 bits per heavy atom. The smallest absolute Gasteiger partial charge is 0.292 e. The number of ketones is 1. The predicted molar refractivity (Wildman–Crippen MR) is 68.5 cm³/mol. The lowest BCUT2D eigenvalue weighted by Gasteiger charge is -2.08. The monoisotopic (exact) mass is 279 g/mol. The first-order chi connectivity index (χ1) is 9.36. The summed E-state index contributed by atoms with van der Waals surface area (Å²) in [4.78, 5) is 15.9. The molecular formula is C15H12F3NO. The van der Waals surface area contributed by atoms with Gasteiger partial charge in [0.25, 0.3) is 0 Å². The Bertz CT molecular complexity index is 635. The maximum absolute atomic E-state index is 12.6. The van der Waals surface area contributed by atoms with Crippen molar-refractivity contribution in [3.05, 3.63) is 65.0 Å². The highest BCUT2D eigenvalue weighted by atomic mass is 19.4. The highest BCUT2D eigenvalue weighted by Gasteiger charge is 2.30. The molecule has 0 N–H and O–H groups in total. The number of carbonyl (C=O) groups is 1. The molecule has 0 saturated heterocycles. The number of Topliss-reactive ketones (excluding diaryl/α,β-unsaturated/α-hetero) is 1. The molecule has 1 aromatic heterocycles. The van der Waals surface area contributed by atoms with Gasteiger partial charge in [-0.25, -0.2) is 0 Å². The third-order valence-corrected chi connectivity index (χ3v) is 2.82. The average Bonchev–Trinajstić information content (AvgIpc) is 2.38. The number of benzene rings is 1. The van der Waals surface area contributed by atoms with E-state index in [9.17, 15) is 18.0 Å². The van der Waals surface area contributed by atoms with Crippen LogP contribution in [0.2, 0.25) is 0 Å². The van der Waals surface area contributed by atoms with Crippen molar-refractivity contribution in [2.24, 2.45) is 0 Å². The summed E-state index contributed by atoms with van der Waals surface area (Å²) in [6, 6.07) is 8.15. The Morgan fingerprint density at radius 2 is 1.95 bits per heavy atom. The number of halogens is 3. The number of aromatic nitrogens is 1. The van der Waals surface area contributed by atoms with Crippen LogP contribution in [0.15, 0.2) is 42.6 Å². The zero-order valence-corrected chi connectivity index (χ0v) is 10.7. The minimum Gasteiger partial charge on any atom is -0.292 e. The van der Waals surface area contributed by atoms with E-state index >= 15 is 0 Å². The third-order valence-electron chi connectivity index (χ3n) is 2.82. The van der Waals surface area contributed by atoms with E-state index in [0.29, 0.717) is 5.56 Å². The second-order valence-electron chi connectivity index (χ2n) is 4.52. The van der Waals surface area contributed by atoms with Crippen LogP contribution >= 0.6 is 0 Å². The van der Waals surface area contributed by atoms with Gasteiger partial charge in [0.1, 0.15) is 5.69 Å². The van der Waals surface area contributed by atoms with E-state index in [1.54, 1.807) is 12.1 Å². The molecule has 1 aromatic carbocycles. The number of alkyl halides is 3. The summed E-state index contributed by atoms with van der Waals surface area (Å²) in [6.07, 6.45) is -2.99. The molecule has 0 atom stereocenters. The average molecular weight is 279 g/mol. The number of hydrogen-bond acceptors (Lipinski definition) is 2. The Balaban J connectivity index is 2.20. The van der Waals surface area contributed by atoms with Gasteiger partial charge in [0.05, 0.1) is 5.56 Å². The lowest BCUT2D eigenvalue weighted by atomic mass is 10.0. The van der Waals surface area contributed by atoms with Crippen molar-refractivity contribution >= 4 is 5.78 Å². The molecule has 1 heterocycles. The van der Waals surface area contributed by atoms with E-state index in [1.165, 1.54) is 18.3 Å². The Hall–Kier alpha value is -2.17. The third kappa shape index (κ3) is 3.44. The SMILES string of the molecule is Cc1ccnc(C(=O)Cc2cccc(C(F)(F)F)c2)c1. The summed E-state index contributed by atoms with van der Waals surface area (Å²) in [7, 11) is 0. The Kier molecular flexibility index (Phi) is 3.88. The van der Waals surface area contributed by atoms with E-state index in [4.69, 9.17) is 0 Å². The van der Waals surface area contributed by atoms with Gasteiger partial charge in [0.15, 0.2) is 5.78 Å². The molecule has 0 unspecified atom stereocenters. The van der Waals surface area contributed by atoms with Crippen LogP contribution < -0.4 is 0 Å². The van der Waals surface area contributed by atoms with Crippen LogP contribution in [0.3, 0.4) is 0 Å². The van der Waals surface area contributed by atoms with Gasteiger partial charge in [-0.3, -0.25) is 9.78 Å². The molecule has 0 spiro atoms. The first kappa shape index (κ1) is 14.2. The van der Waals surface area contributed by atoms with Crippen molar-refractivity contribution in [2.75, 3.05) is 0 Å². The second-order valence-corrected chi connectivity index (χ2v) is 4.52. The Labute approximate surface area is 114 Å². The van der Waals surface area contributed by atoms with Crippen LogP contribution in [0.1, 0.15) is 27.2 Å². The van der Waals surface area contributed by atoms with Gasteiger partial charge >= 0.3 is 6.18 Å². The first-order valence-electron chi connectivity index (χ1n) is 5.98. The predicted octanol–water partition coefficient (Wildman–Crippen LogP) is 3.83. The largest absolute Gasteiger partial charge is 0.416 e. The Morgan fingerprint density at radius 1 is 1.20 bits per heavy atom. The van der Waals surface area contributed by atoms with E-state index in [-0.39, 0.29) is 17.9 Å². The molecule has 0 aliphatic rings. The van der Waals surface area contributed by atoms with Crippen LogP contribution in [0.5, 0.6) is 0 Å². The fourth-order valence-electron chi connectivity index (χ4n) is 1.82. The molecule has 2 nitrogen and oxygen atoms in total. The van der Waals surface area contributed by atoms with E-state index in [1.807, 2.05) is 6.92 Å². The van der Waals surface area contributed by atoms with Crippen LogP contribution in [0, 0.1) is 6.92 Å². The fourth-order valence-corrected chi connectivity index (χ4v) is 1.82. The number of rotatable bonds is 3. The van der Waals surface area contributed by atoms with Gasteiger partial charge in [0.2, 0.25) is 0 Å². The number of nitrogens with zero attached hydrogens (tertiary/aromatic N) is 1. The van der Waals surface area contributed by atoms with Crippen molar-refractivity contribution < 1.29 is 18.0 Å². The molecule has 2 aromatic rings. The highest BCUT2D eigenvalue weighted by molar-refractivity contribution is 5.95. The lowest BCUT2D eigenvalue weighted by molar-refractivity contribution is -0.137. The second kappa shape index (κ2) is 5.45. The quantitative estimate of drug-likeness (QED) is 0.799. The molecule has 0 amide bonds. The van der Waals surface area contributed by atoms with Gasteiger partial charge in [-0.15, -0.1) is 0 Å². The van der Waals surface area contributed by atoms with Gasteiger partial charge in [-0.05, 0) is 36.2 Å². The summed E-state index contributed by atoms with van der Waals surface area (Å²) in [5.41, 5.74) is 0.725. The number of pyridine rings is 1. The van der Waals surface area contributed by atoms with Crippen molar-refractivity contribution in [2.45, 2.75) is 19.5 Å². The minimum atomic E-state index is -4.40. The molecule has 104 valence electrons. The van der Waals surface area contributed by atoms with Crippen molar-refractivity contribution in [3.63, 3.8) is 0 Å². The molecule has 2 rings (SSSR count). The summed E-state index contributed by atoms with van der Waals surface area (Å²) >= 11 is 0. The lowest BCUT2D eigenvalue weighted by Crippen LogP contribution is -2.09. The normalized spacial score (nSPS) is 11.4. The molecule has 0 aliphatic heterocycles. The number of carbonyl (C=O) groups excluding carboxylic acids is 1. The van der Waals surface area contributed by atoms with Gasteiger partial charge < -0.3 is 0 Å². The minimum absolute atomic E-state index is 0.0969. The van der Waals surface area contributed by atoms with Crippen molar-refractivity contribution in [3.8, 4) is 0 Å². The van der Waals surface area contributed by atoms with E-state index in [2.05, 4.69) is 4.98 Å². The first-order valence-corrected chi connectivity index (χ1v) is 5.98. The summed E-state index contributed by atoms with van der Waals surface area (Å²) in [6.45, 7) is 1.82. The van der Waals surface area contributed by atoms with Crippen LogP contribution in [-0.4, -0.2) is 10.8 Å². The summed E-state index contributed by atoms with van der Waals surface area (Å²) in [5.74, 6) is -0.298. The van der Waals surface area contributed by atoms with Crippen molar-refractivity contribution in [1.82, 2.24) is 4.98 Å². The summed E-state index contributed by atoms with van der Waals surface area (Å²) < 4.78 is 37.8. The molecule has 5 heteroatoms. The van der Waals surface area contributed by atoms with Crippen molar-refractivity contribution in [1.29, 1.82) is 0 Å². The maximum Gasteiger partial charge on any atom is 0.416 e. The van der Waals surface area contributed by atoms with Gasteiger partial charge in [-0.2, -0.15) is 13.2 Å². The van der Waals surface area contributed by atoms with Gasteiger partial charge in [-0.1, -0.05) is 18.2 Å². The molecule has 0 bridgehead atoms. The summed E-state index contributed by atoms with van der Waals surface area (Å²) in [5, 5.41) is 0. The molecule has 20 heavy (non-hydrogen) atoms. The zero-order valence-electron chi connectivity index (χ0n) is 10.7. The fraction of sp³-hybridized carbons (Fsp3) is 0.200. The number of aryl methyl sites for hydroxylation is 1. The van der Waals surface area contributed by atoms with Crippen LogP contribution in [-0.2, 0) is 12.6 Å². The van der Waals surface area contributed by atoms with Crippen LogP contribution in [0.25, 0.3) is 0 Å². The standard InChI is InChI=1S/C15H12F3NO/c1-10-5-6-19-13(7-10)14(20)9-11-3-2-4-12(8-11)15(16,17)18/h2-8H,9H2,1H3. The maximum atomic E-state index is 12.6. The van der Waals surface area contributed by atoms with E-state index < -0.39 is 11.7 Å². The van der Waals surface area contributed by atoms with Gasteiger partial charge in [0, 0.05) is 12.6 Å².